The zero-order valence-electron chi connectivity index (χ0n) is 22.5. The van der Waals surface area contributed by atoms with Crippen LogP contribution in [0.5, 0.6) is 0 Å². The molecule has 0 saturated carbocycles. The molecule has 4 rings (SSSR count). The number of nitrogens with one attached hydrogen (secondary N) is 1. The third-order valence-corrected chi connectivity index (χ3v) is 6.50. The van der Waals surface area contributed by atoms with E-state index in [-0.39, 0.29) is 5.91 Å². The van der Waals surface area contributed by atoms with Crippen LogP contribution in [0.3, 0.4) is 0 Å². The highest BCUT2D eigenvalue weighted by Gasteiger charge is 2.27. The summed E-state index contributed by atoms with van der Waals surface area (Å²) in [6.07, 6.45) is 4.56. The first-order chi connectivity index (χ1) is 17.7. The molecule has 0 atom stereocenters. The number of rotatable bonds is 9. The van der Waals surface area contributed by atoms with Gasteiger partial charge in [-0.05, 0) is 50.5 Å². The van der Waals surface area contributed by atoms with Crippen molar-refractivity contribution in [3.8, 4) is 0 Å². The molecule has 0 spiro atoms. The van der Waals surface area contributed by atoms with Gasteiger partial charge in [0.1, 0.15) is 5.69 Å². The molecule has 4 aromatic rings. The normalized spacial score (nSPS) is 11.6. The van der Waals surface area contributed by atoms with Crippen LogP contribution >= 0.6 is 0 Å². The second-order valence-corrected chi connectivity index (χ2v) is 10.6. The lowest BCUT2D eigenvalue weighted by Gasteiger charge is -2.21. The summed E-state index contributed by atoms with van der Waals surface area (Å²) in [7, 11) is 1.39. The highest BCUT2D eigenvalue weighted by Crippen LogP contribution is 2.28. The lowest BCUT2D eigenvalue weighted by atomic mass is 10.1. The smallest absolute Gasteiger partial charge is 0.339 e. The summed E-state index contributed by atoms with van der Waals surface area (Å²) in [5, 5.41) is 4.20. The average Bonchev–Trinajstić information content (AvgIpc) is 3.40. The van der Waals surface area contributed by atoms with Gasteiger partial charge in [-0.2, -0.15) is 0 Å². The van der Waals surface area contributed by atoms with E-state index in [9.17, 15) is 9.59 Å². The number of para-hydroxylation sites is 1. The van der Waals surface area contributed by atoms with Crippen molar-refractivity contribution in [2.24, 2.45) is 0 Å². The summed E-state index contributed by atoms with van der Waals surface area (Å²) in [5.41, 5.74) is 4.81. The molecule has 0 saturated heterocycles. The van der Waals surface area contributed by atoms with E-state index in [0.29, 0.717) is 24.2 Å². The van der Waals surface area contributed by atoms with Crippen LogP contribution in [-0.4, -0.2) is 33.7 Å². The van der Waals surface area contributed by atoms with Crippen LogP contribution in [0.15, 0.2) is 66.9 Å². The number of carbonyl (C=O) groups excluding carboxylic acids is 2. The molecule has 0 fully saturated rings. The van der Waals surface area contributed by atoms with E-state index in [4.69, 9.17) is 4.74 Å². The van der Waals surface area contributed by atoms with Crippen molar-refractivity contribution < 1.29 is 14.3 Å². The van der Waals surface area contributed by atoms with Crippen molar-refractivity contribution in [3.05, 3.63) is 94.9 Å². The van der Waals surface area contributed by atoms with Crippen LogP contribution in [-0.2, 0) is 24.2 Å². The molecule has 0 unspecified atom stereocenters. The zero-order chi connectivity index (χ0) is 26.6. The van der Waals surface area contributed by atoms with Gasteiger partial charge in [-0.3, -0.25) is 4.79 Å². The highest BCUT2D eigenvalue weighted by molar-refractivity contribution is 5.99. The van der Waals surface area contributed by atoms with E-state index in [1.807, 2.05) is 43.5 Å². The number of hydrogen-bond acceptors (Lipinski definition) is 3. The molecule has 0 bridgehead atoms. The fraction of sp³-hybridized carbons (Fsp3) is 0.355. The van der Waals surface area contributed by atoms with Crippen molar-refractivity contribution in [1.29, 1.82) is 0 Å². The van der Waals surface area contributed by atoms with Gasteiger partial charge in [0.05, 0.1) is 12.7 Å². The Hall–Kier alpha value is -3.80. The predicted octanol–water partition coefficient (Wildman–Crippen LogP) is 6.20. The number of ether oxygens (including phenoxy) is 1. The Labute approximate surface area is 219 Å². The zero-order valence-corrected chi connectivity index (χ0v) is 22.5. The van der Waals surface area contributed by atoms with Gasteiger partial charge in [0.25, 0.3) is 5.91 Å². The van der Waals surface area contributed by atoms with Gasteiger partial charge in [0, 0.05) is 47.8 Å². The Morgan fingerprint density at radius 1 is 1.00 bits per heavy atom. The minimum absolute atomic E-state index is 0.188. The number of unbranched alkanes of at least 4 members (excludes halogenated alkanes) is 1. The van der Waals surface area contributed by atoms with E-state index >= 15 is 0 Å². The maximum atomic E-state index is 13.3. The largest absolute Gasteiger partial charge is 0.465 e. The summed E-state index contributed by atoms with van der Waals surface area (Å²) < 4.78 is 9.42. The van der Waals surface area contributed by atoms with Crippen molar-refractivity contribution in [2.75, 3.05) is 7.11 Å². The summed E-state index contributed by atoms with van der Waals surface area (Å²) in [6, 6.07) is 20.4. The topological polar surface area (TPSA) is 65.3 Å². The summed E-state index contributed by atoms with van der Waals surface area (Å²) in [4.78, 5) is 26.2. The molecule has 0 aliphatic heterocycles. The third kappa shape index (κ3) is 5.96. The average molecular weight is 500 g/mol. The van der Waals surface area contributed by atoms with Gasteiger partial charge in [-0.15, -0.1) is 0 Å². The molecular weight excluding hydrogens is 462 g/mol. The van der Waals surface area contributed by atoms with E-state index in [0.717, 1.165) is 41.5 Å². The number of hydrogen-bond donors (Lipinski definition) is 1. The Kier molecular flexibility index (Phi) is 7.86. The molecule has 37 heavy (non-hydrogen) atoms. The summed E-state index contributed by atoms with van der Waals surface area (Å²) in [5.74, 6) is -0.616. The van der Waals surface area contributed by atoms with Crippen LogP contribution in [0.2, 0.25) is 0 Å². The molecule has 0 aliphatic carbocycles. The van der Waals surface area contributed by atoms with Gasteiger partial charge in [-0.1, -0.05) is 61.9 Å². The quantitative estimate of drug-likeness (QED) is 0.279. The van der Waals surface area contributed by atoms with Crippen molar-refractivity contribution in [3.63, 3.8) is 0 Å². The van der Waals surface area contributed by atoms with E-state index in [1.54, 1.807) is 6.07 Å². The predicted molar refractivity (Wildman–Crippen MR) is 148 cm³/mol. The number of esters is 1. The summed E-state index contributed by atoms with van der Waals surface area (Å²) >= 11 is 0. The van der Waals surface area contributed by atoms with Gasteiger partial charge >= 0.3 is 5.97 Å². The van der Waals surface area contributed by atoms with Gasteiger partial charge in [0.2, 0.25) is 0 Å². The van der Waals surface area contributed by atoms with E-state index in [1.165, 1.54) is 12.7 Å². The van der Waals surface area contributed by atoms with Crippen LogP contribution in [0.25, 0.3) is 10.9 Å². The molecule has 194 valence electrons. The maximum absolute atomic E-state index is 13.3. The van der Waals surface area contributed by atoms with Crippen LogP contribution in [0.4, 0.5) is 0 Å². The first-order valence-electron chi connectivity index (χ1n) is 13.0. The second-order valence-electron chi connectivity index (χ2n) is 10.6. The van der Waals surface area contributed by atoms with Crippen LogP contribution < -0.4 is 5.32 Å². The number of fused-ring (bicyclic) bond motifs is 1. The minimum Gasteiger partial charge on any atom is -0.465 e. The molecule has 1 amide bonds. The Morgan fingerprint density at radius 2 is 1.70 bits per heavy atom. The third-order valence-electron chi connectivity index (χ3n) is 6.50. The van der Waals surface area contributed by atoms with E-state index in [2.05, 4.69) is 59.4 Å². The number of aromatic nitrogens is 2. The monoisotopic (exact) mass is 499 g/mol. The lowest BCUT2D eigenvalue weighted by Crippen LogP contribution is -2.41. The Balaban J connectivity index is 1.82. The summed E-state index contributed by atoms with van der Waals surface area (Å²) in [6.45, 7) is 9.38. The molecule has 2 aromatic carbocycles. The van der Waals surface area contributed by atoms with Crippen molar-refractivity contribution in [2.45, 2.75) is 65.6 Å². The van der Waals surface area contributed by atoms with Crippen molar-refractivity contribution >= 4 is 22.8 Å². The van der Waals surface area contributed by atoms with Crippen molar-refractivity contribution in [1.82, 2.24) is 14.5 Å². The fourth-order valence-electron chi connectivity index (χ4n) is 4.79. The molecule has 0 aliphatic rings. The lowest BCUT2D eigenvalue weighted by molar-refractivity contribution is 0.0599. The number of carbonyl (C=O) groups is 2. The maximum Gasteiger partial charge on any atom is 0.339 e. The van der Waals surface area contributed by atoms with Crippen LogP contribution in [0, 0.1) is 0 Å². The first-order valence-corrected chi connectivity index (χ1v) is 13.0. The second kappa shape index (κ2) is 11.1. The number of benzene rings is 2. The van der Waals surface area contributed by atoms with E-state index < -0.39 is 11.5 Å². The molecule has 1 N–H and O–H groups in total. The minimum atomic E-state index is -0.428. The standard InChI is InChI=1S/C31H37N3O3/c1-6-7-17-34-27(25(30(36)37-5)19-28(34)29(35)32-31(2,3)4)18-23-21-33(20-22-13-9-8-10-14-22)26-16-12-11-15-24(23)26/h8-16,19,21H,6-7,17-18,20H2,1-5H3,(H,32,35). The number of amides is 1. The van der Waals surface area contributed by atoms with Gasteiger partial charge in [-0.25, -0.2) is 4.79 Å². The number of methoxy groups -OCH3 is 1. The molecule has 2 aromatic heterocycles. The molecule has 6 heteroatoms. The van der Waals surface area contributed by atoms with Gasteiger partial charge < -0.3 is 19.2 Å². The first kappa shape index (κ1) is 26.3. The molecular formula is C31H37N3O3. The fourth-order valence-corrected chi connectivity index (χ4v) is 4.79. The molecule has 6 nitrogen and oxygen atoms in total. The molecule has 2 heterocycles. The Morgan fingerprint density at radius 3 is 2.38 bits per heavy atom. The SMILES string of the molecule is CCCCn1c(C(=O)NC(C)(C)C)cc(C(=O)OC)c1Cc1cn(Cc2ccccc2)c2ccccc12. The van der Waals surface area contributed by atoms with Crippen LogP contribution in [0.1, 0.15) is 78.2 Å². The number of nitrogens with zero attached hydrogens (tertiary/aromatic N) is 2. The molecule has 0 radical (unpaired) electrons. The highest BCUT2D eigenvalue weighted by atomic mass is 16.5. The Bertz CT molecular complexity index is 1390. The van der Waals surface area contributed by atoms with Gasteiger partial charge in [0.15, 0.2) is 0 Å².